The zero-order chi connectivity index (χ0) is 14.5. The van der Waals surface area contributed by atoms with Crippen molar-refractivity contribution in [3.63, 3.8) is 0 Å². The maximum atomic E-state index is 12.0. The zero-order valence-electron chi connectivity index (χ0n) is 10.2. The molecule has 0 unspecified atom stereocenters. The number of para-hydroxylation sites is 1. The number of carbonyl (C=O) groups is 1. The molecule has 2 aromatic rings. The van der Waals surface area contributed by atoms with Crippen molar-refractivity contribution in [3.8, 4) is 0 Å². The van der Waals surface area contributed by atoms with Gasteiger partial charge in [0.1, 0.15) is 10.6 Å². The molecule has 1 heterocycles. The molecule has 104 valence electrons. The highest BCUT2D eigenvalue weighted by atomic mass is 35.5. The van der Waals surface area contributed by atoms with E-state index in [1.165, 1.54) is 29.5 Å². The number of thiazole rings is 1. The highest BCUT2D eigenvalue weighted by Crippen LogP contribution is 2.27. The van der Waals surface area contributed by atoms with Gasteiger partial charge in [-0.1, -0.05) is 17.7 Å². The average molecular weight is 312 g/mol. The van der Waals surface area contributed by atoms with Crippen molar-refractivity contribution < 1.29 is 9.72 Å². The topological polar surface area (TPSA) is 85.1 Å². The minimum absolute atomic E-state index is 0.0401. The Balaban J connectivity index is 2.06. The second-order valence-corrected chi connectivity index (χ2v) is 5.21. The molecule has 0 atom stereocenters. The lowest BCUT2D eigenvalue weighted by atomic mass is 10.1. The predicted molar refractivity (Wildman–Crippen MR) is 76.3 cm³/mol. The molecule has 1 aromatic heterocycles. The van der Waals surface area contributed by atoms with Crippen molar-refractivity contribution in [2.24, 2.45) is 0 Å². The third-order valence-corrected chi connectivity index (χ3v) is 3.67. The van der Waals surface area contributed by atoms with E-state index in [9.17, 15) is 14.9 Å². The fourth-order valence-corrected chi connectivity index (χ4v) is 2.50. The van der Waals surface area contributed by atoms with E-state index in [4.69, 9.17) is 11.6 Å². The van der Waals surface area contributed by atoms with Crippen LogP contribution in [0.15, 0.2) is 29.8 Å². The first-order valence-corrected chi connectivity index (χ1v) is 6.95. The maximum Gasteiger partial charge on any atom is 0.300 e. The molecule has 0 radical (unpaired) electrons. The Bertz CT molecular complexity index is 631. The number of carbonyl (C=O) groups excluding carboxylic acids is 1. The summed E-state index contributed by atoms with van der Waals surface area (Å²) in [4.78, 5) is 26.3. The lowest BCUT2D eigenvalue weighted by molar-refractivity contribution is -0.385. The van der Waals surface area contributed by atoms with Crippen molar-refractivity contribution >= 4 is 34.5 Å². The van der Waals surface area contributed by atoms with Gasteiger partial charge in [0.15, 0.2) is 0 Å². The molecular weight excluding hydrogens is 302 g/mol. The Morgan fingerprint density at radius 3 is 2.95 bits per heavy atom. The molecule has 8 heteroatoms. The van der Waals surface area contributed by atoms with Gasteiger partial charge in [-0.25, -0.2) is 4.98 Å². The highest BCUT2D eigenvalue weighted by Gasteiger charge is 2.23. The van der Waals surface area contributed by atoms with Crippen molar-refractivity contribution in [1.82, 2.24) is 10.3 Å². The smallest absolute Gasteiger partial charge is 0.300 e. The Hall–Kier alpha value is -1.99. The summed E-state index contributed by atoms with van der Waals surface area (Å²) < 4.78 is 0. The van der Waals surface area contributed by atoms with Gasteiger partial charge in [0.25, 0.3) is 5.91 Å². The number of aromatic nitrogens is 1. The number of nitrogens with zero attached hydrogens (tertiary/aromatic N) is 2. The van der Waals surface area contributed by atoms with Gasteiger partial charge in [-0.15, -0.1) is 11.3 Å². The van der Waals surface area contributed by atoms with Crippen molar-refractivity contribution in [2.45, 2.75) is 6.42 Å². The first-order chi connectivity index (χ1) is 9.59. The van der Waals surface area contributed by atoms with Crippen LogP contribution in [0.3, 0.4) is 0 Å². The van der Waals surface area contributed by atoms with E-state index in [1.54, 1.807) is 6.20 Å². The molecule has 0 fully saturated rings. The summed E-state index contributed by atoms with van der Waals surface area (Å²) in [5.74, 6) is -0.518. The predicted octanol–water partition coefficient (Wildman–Crippen LogP) is 2.68. The first kappa shape index (κ1) is 14.4. The molecule has 20 heavy (non-hydrogen) atoms. The second-order valence-electron chi connectivity index (χ2n) is 3.82. The minimum atomic E-state index is -0.655. The van der Waals surface area contributed by atoms with E-state index in [-0.39, 0.29) is 16.3 Å². The monoisotopic (exact) mass is 311 g/mol. The standard InChI is InChI=1S/C12H10ClN3O3S/c13-9-3-1-2-8(11(9)16(18)19)12(17)15-5-4-10-14-6-7-20-10/h1-3,6-7H,4-5H2,(H,15,17). The van der Waals surface area contributed by atoms with Crippen molar-refractivity contribution in [3.05, 3.63) is 55.5 Å². The van der Waals surface area contributed by atoms with Gasteiger partial charge < -0.3 is 5.32 Å². The summed E-state index contributed by atoms with van der Waals surface area (Å²) in [6.07, 6.45) is 2.27. The number of hydrogen-bond acceptors (Lipinski definition) is 5. The summed E-state index contributed by atoms with van der Waals surface area (Å²) in [5, 5.41) is 16.3. The highest BCUT2D eigenvalue weighted by molar-refractivity contribution is 7.09. The van der Waals surface area contributed by atoms with Gasteiger partial charge in [0.2, 0.25) is 0 Å². The summed E-state index contributed by atoms with van der Waals surface area (Å²) in [6, 6.07) is 4.26. The van der Waals surface area contributed by atoms with Gasteiger partial charge in [-0.2, -0.15) is 0 Å². The largest absolute Gasteiger partial charge is 0.351 e. The van der Waals surface area contributed by atoms with Gasteiger partial charge in [-0.3, -0.25) is 14.9 Å². The summed E-state index contributed by atoms with van der Waals surface area (Å²) in [7, 11) is 0. The summed E-state index contributed by atoms with van der Waals surface area (Å²) >= 11 is 7.24. The van der Waals surface area contributed by atoms with Crippen LogP contribution in [-0.4, -0.2) is 22.4 Å². The van der Waals surface area contributed by atoms with E-state index in [2.05, 4.69) is 10.3 Å². The normalized spacial score (nSPS) is 10.2. The third kappa shape index (κ3) is 3.31. The van der Waals surface area contributed by atoms with E-state index in [0.29, 0.717) is 13.0 Å². The Morgan fingerprint density at radius 2 is 2.30 bits per heavy atom. The van der Waals surface area contributed by atoms with Crippen LogP contribution in [0.2, 0.25) is 5.02 Å². The molecule has 0 saturated carbocycles. The number of hydrogen-bond donors (Lipinski definition) is 1. The lowest BCUT2D eigenvalue weighted by Crippen LogP contribution is -2.26. The fourth-order valence-electron chi connectivity index (χ4n) is 1.64. The number of nitrogens with one attached hydrogen (secondary N) is 1. The van der Waals surface area contributed by atoms with Crippen LogP contribution >= 0.6 is 22.9 Å². The minimum Gasteiger partial charge on any atom is -0.351 e. The van der Waals surface area contributed by atoms with Crippen LogP contribution in [0.4, 0.5) is 5.69 Å². The quantitative estimate of drug-likeness (QED) is 0.679. The van der Waals surface area contributed by atoms with Crippen LogP contribution in [-0.2, 0) is 6.42 Å². The Morgan fingerprint density at radius 1 is 1.50 bits per heavy atom. The Kier molecular flexibility index (Phi) is 4.65. The SMILES string of the molecule is O=C(NCCc1nccs1)c1cccc(Cl)c1[N+](=O)[O-]. The van der Waals surface area contributed by atoms with Crippen LogP contribution in [0.25, 0.3) is 0 Å². The van der Waals surface area contributed by atoms with E-state index >= 15 is 0 Å². The molecule has 0 aliphatic carbocycles. The van der Waals surface area contributed by atoms with Crippen molar-refractivity contribution in [2.75, 3.05) is 6.54 Å². The van der Waals surface area contributed by atoms with Crippen LogP contribution < -0.4 is 5.32 Å². The molecule has 1 aromatic carbocycles. The molecule has 1 amide bonds. The van der Waals surface area contributed by atoms with E-state index in [1.807, 2.05) is 5.38 Å². The van der Waals surface area contributed by atoms with Gasteiger partial charge >= 0.3 is 5.69 Å². The number of nitro groups is 1. The third-order valence-electron chi connectivity index (χ3n) is 2.52. The second kappa shape index (κ2) is 6.44. The molecule has 0 bridgehead atoms. The van der Waals surface area contributed by atoms with Crippen LogP contribution in [0, 0.1) is 10.1 Å². The average Bonchev–Trinajstić information content (AvgIpc) is 2.91. The number of amides is 1. The molecule has 0 spiro atoms. The first-order valence-electron chi connectivity index (χ1n) is 5.69. The molecule has 6 nitrogen and oxygen atoms in total. The number of benzene rings is 1. The lowest BCUT2D eigenvalue weighted by Gasteiger charge is -2.05. The fraction of sp³-hybridized carbons (Fsp3) is 0.167. The van der Waals surface area contributed by atoms with Gasteiger partial charge in [0.05, 0.1) is 9.93 Å². The number of rotatable bonds is 5. The molecule has 1 N–H and O–H groups in total. The Labute approximate surface area is 123 Å². The zero-order valence-corrected chi connectivity index (χ0v) is 11.8. The van der Waals surface area contributed by atoms with Gasteiger partial charge in [0, 0.05) is 24.5 Å². The molecule has 0 saturated heterocycles. The number of nitro benzene ring substituents is 1. The number of halogens is 1. The van der Waals surface area contributed by atoms with Crippen LogP contribution in [0.1, 0.15) is 15.4 Å². The van der Waals surface area contributed by atoms with Gasteiger partial charge in [-0.05, 0) is 12.1 Å². The summed E-state index contributed by atoms with van der Waals surface area (Å²) in [5.41, 5.74) is -0.414. The van der Waals surface area contributed by atoms with Crippen molar-refractivity contribution in [1.29, 1.82) is 0 Å². The molecule has 0 aliphatic heterocycles. The van der Waals surface area contributed by atoms with Crippen LogP contribution in [0.5, 0.6) is 0 Å². The van der Waals surface area contributed by atoms with E-state index in [0.717, 1.165) is 5.01 Å². The molecule has 2 rings (SSSR count). The molecular formula is C12H10ClN3O3S. The maximum absolute atomic E-state index is 12.0. The molecule has 0 aliphatic rings. The van der Waals surface area contributed by atoms with E-state index < -0.39 is 10.8 Å². The summed E-state index contributed by atoms with van der Waals surface area (Å²) in [6.45, 7) is 0.357.